The highest BCUT2D eigenvalue weighted by atomic mass is 16.5. The van der Waals surface area contributed by atoms with Crippen molar-refractivity contribution in [3.05, 3.63) is 18.9 Å². The maximum absolute atomic E-state index is 11.8. The number of Topliss-reactive ketones (excluding diaryl/α,β-unsaturated/α-hetero) is 1. The molecule has 81 valence electrons. The maximum Gasteiger partial charge on any atom is 0.138 e. The molecule has 3 fully saturated rings. The largest absolute Gasteiger partial charge is 0.372 e. The van der Waals surface area contributed by atoms with Gasteiger partial charge in [-0.05, 0) is 19.3 Å². The summed E-state index contributed by atoms with van der Waals surface area (Å²) in [5, 5.41) is 0. The van der Waals surface area contributed by atoms with Crippen LogP contribution in [0.5, 0.6) is 0 Å². The lowest BCUT2D eigenvalue weighted by atomic mass is 9.75. The molecule has 3 rings (SSSR count). The third-order valence-electron chi connectivity index (χ3n) is 3.81. The van der Waals surface area contributed by atoms with Crippen LogP contribution in [0.25, 0.3) is 0 Å². The van der Waals surface area contributed by atoms with Crippen LogP contribution in [0.3, 0.4) is 0 Å². The predicted molar refractivity (Wildman–Crippen MR) is 53.4 cm³/mol. The Morgan fingerprint density at radius 3 is 3.20 bits per heavy atom. The molecule has 2 bridgehead atoms. The van der Waals surface area contributed by atoms with E-state index in [9.17, 15) is 4.79 Å². The van der Waals surface area contributed by atoms with Gasteiger partial charge in [-0.1, -0.05) is 0 Å². The minimum Gasteiger partial charge on any atom is -0.372 e. The Balaban J connectivity index is 1.87. The molecule has 2 heterocycles. The first-order chi connectivity index (χ1) is 7.31. The molecule has 0 N–H and O–H groups in total. The number of rotatable bonds is 1. The maximum atomic E-state index is 11.8. The van der Waals surface area contributed by atoms with Crippen LogP contribution in [-0.2, 0) is 14.3 Å². The molecule has 3 heteroatoms. The zero-order chi connectivity index (χ0) is 10.4. The lowest BCUT2D eigenvalue weighted by Gasteiger charge is -2.29. The monoisotopic (exact) mass is 207 g/mol. The summed E-state index contributed by atoms with van der Waals surface area (Å²) in [6.45, 7) is 0. The van der Waals surface area contributed by atoms with Gasteiger partial charge in [0, 0.05) is 31.8 Å². The van der Waals surface area contributed by atoms with E-state index < -0.39 is 0 Å². The molecule has 0 aromatic carbocycles. The van der Waals surface area contributed by atoms with E-state index >= 15 is 0 Å². The second-order valence-electron chi connectivity index (χ2n) is 4.54. The molecule has 4 atom stereocenters. The molecule has 15 heavy (non-hydrogen) atoms. The number of carbonyl (C=O) groups is 1. The van der Waals surface area contributed by atoms with E-state index in [-0.39, 0.29) is 18.1 Å². The van der Waals surface area contributed by atoms with Gasteiger partial charge in [-0.25, -0.2) is 0 Å². The molecule has 3 radical (unpaired) electrons. The van der Waals surface area contributed by atoms with Gasteiger partial charge in [-0.2, -0.15) is 0 Å². The van der Waals surface area contributed by atoms with Gasteiger partial charge in [0.2, 0.25) is 0 Å². The van der Waals surface area contributed by atoms with Crippen LogP contribution in [0.15, 0.2) is 0 Å². The van der Waals surface area contributed by atoms with E-state index in [4.69, 9.17) is 9.47 Å². The molecule has 1 saturated carbocycles. The average Bonchev–Trinajstić information content (AvgIpc) is 2.55. The number of hydrogen-bond donors (Lipinski definition) is 0. The Morgan fingerprint density at radius 2 is 2.40 bits per heavy atom. The molecule has 0 amide bonds. The summed E-state index contributed by atoms with van der Waals surface area (Å²) in [7, 11) is 1.67. The average molecular weight is 207 g/mol. The normalized spacial score (nSPS) is 45.5. The molecule has 0 unspecified atom stereocenters. The highest BCUT2D eigenvalue weighted by Crippen LogP contribution is 2.49. The Labute approximate surface area is 90.1 Å². The summed E-state index contributed by atoms with van der Waals surface area (Å²) in [5.41, 5.74) is 0. The van der Waals surface area contributed by atoms with Crippen molar-refractivity contribution in [2.75, 3.05) is 7.11 Å². The van der Waals surface area contributed by atoms with Crippen molar-refractivity contribution in [2.24, 2.45) is 11.8 Å². The number of ketones is 1. The van der Waals surface area contributed by atoms with Crippen LogP contribution in [0.4, 0.5) is 0 Å². The van der Waals surface area contributed by atoms with Crippen LogP contribution in [0, 0.1) is 30.8 Å². The van der Waals surface area contributed by atoms with E-state index in [1.807, 2.05) is 12.8 Å². The number of methoxy groups -OCH3 is 1. The molecule has 0 aromatic rings. The topological polar surface area (TPSA) is 35.5 Å². The zero-order valence-corrected chi connectivity index (χ0v) is 8.81. The molecule has 3 nitrogen and oxygen atoms in total. The molecule has 2 aliphatic heterocycles. The smallest absolute Gasteiger partial charge is 0.138 e. The van der Waals surface area contributed by atoms with Crippen LogP contribution in [0.1, 0.15) is 19.3 Å². The first-order valence-electron chi connectivity index (χ1n) is 5.58. The van der Waals surface area contributed by atoms with Gasteiger partial charge in [0.25, 0.3) is 0 Å². The van der Waals surface area contributed by atoms with Gasteiger partial charge >= 0.3 is 0 Å². The van der Waals surface area contributed by atoms with Crippen molar-refractivity contribution >= 4 is 5.78 Å². The van der Waals surface area contributed by atoms with Crippen LogP contribution >= 0.6 is 0 Å². The van der Waals surface area contributed by atoms with E-state index in [1.54, 1.807) is 7.11 Å². The first kappa shape index (κ1) is 9.79. The molecule has 2 saturated heterocycles. The molecular weight excluding hydrogens is 192 g/mol. The minimum absolute atomic E-state index is 0.00620. The SMILES string of the molecule is CO[C]1[CH][CH][C@H]2O[C@H]1[C@H]1CCCC(=O)[C@H]12. The van der Waals surface area contributed by atoms with Gasteiger partial charge in [-0.3, -0.25) is 4.79 Å². The Bertz CT molecular complexity index is 276. The van der Waals surface area contributed by atoms with Crippen molar-refractivity contribution in [3.8, 4) is 0 Å². The van der Waals surface area contributed by atoms with Crippen molar-refractivity contribution in [1.82, 2.24) is 0 Å². The van der Waals surface area contributed by atoms with Gasteiger partial charge < -0.3 is 9.47 Å². The van der Waals surface area contributed by atoms with Gasteiger partial charge in [0.15, 0.2) is 0 Å². The Kier molecular flexibility index (Phi) is 2.33. The van der Waals surface area contributed by atoms with Crippen LogP contribution < -0.4 is 0 Å². The lowest BCUT2D eigenvalue weighted by molar-refractivity contribution is -0.126. The fourth-order valence-corrected chi connectivity index (χ4v) is 3.13. The van der Waals surface area contributed by atoms with Crippen molar-refractivity contribution in [1.29, 1.82) is 0 Å². The number of hydrogen-bond acceptors (Lipinski definition) is 3. The van der Waals surface area contributed by atoms with Crippen molar-refractivity contribution in [3.63, 3.8) is 0 Å². The van der Waals surface area contributed by atoms with Crippen LogP contribution in [-0.4, -0.2) is 25.1 Å². The summed E-state index contributed by atoms with van der Waals surface area (Å²) in [6, 6.07) is 0. The predicted octanol–water partition coefficient (Wildman–Crippen LogP) is 1.34. The highest BCUT2D eigenvalue weighted by molar-refractivity contribution is 5.83. The summed E-state index contributed by atoms with van der Waals surface area (Å²) < 4.78 is 11.1. The van der Waals surface area contributed by atoms with Crippen LogP contribution in [0.2, 0.25) is 0 Å². The standard InChI is InChI=1S/C12H15O3/c1-14-10-6-5-9-11-7(12(10)15-9)3-2-4-8(11)13/h5-7,9,11-12H,2-4H2,1H3/t7-,9+,11-,12-/m0/s1. The lowest BCUT2D eigenvalue weighted by Crippen LogP contribution is -2.33. The number of fused-ring (bicyclic) bond motifs is 5. The highest BCUT2D eigenvalue weighted by Gasteiger charge is 2.54. The number of carbonyl (C=O) groups excluding carboxylic acids is 1. The van der Waals surface area contributed by atoms with Gasteiger partial charge in [-0.15, -0.1) is 0 Å². The number of ether oxygens (including phenoxy) is 2. The van der Waals surface area contributed by atoms with Crippen molar-refractivity contribution in [2.45, 2.75) is 31.5 Å². The summed E-state index contributed by atoms with van der Waals surface area (Å²) in [5.74, 6) is 0.814. The van der Waals surface area contributed by atoms with E-state index in [2.05, 4.69) is 0 Å². The second kappa shape index (κ2) is 3.56. The third kappa shape index (κ3) is 1.36. The zero-order valence-electron chi connectivity index (χ0n) is 8.81. The molecule has 3 aliphatic rings. The van der Waals surface area contributed by atoms with Crippen molar-refractivity contribution < 1.29 is 14.3 Å². The Hall–Kier alpha value is -0.410. The van der Waals surface area contributed by atoms with E-state index in [0.717, 1.165) is 25.4 Å². The first-order valence-corrected chi connectivity index (χ1v) is 5.58. The quantitative estimate of drug-likeness (QED) is 0.651. The Morgan fingerprint density at radius 1 is 1.53 bits per heavy atom. The van der Waals surface area contributed by atoms with E-state index in [1.165, 1.54) is 0 Å². The summed E-state index contributed by atoms with van der Waals surface area (Å²) in [4.78, 5) is 11.8. The molecule has 0 aromatic heterocycles. The van der Waals surface area contributed by atoms with Gasteiger partial charge in [0.1, 0.15) is 11.9 Å². The third-order valence-corrected chi connectivity index (χ3v) is 3.81. The summed E-state index contributed by atoms with van der Waals surface area (Å²) >= 11 is 0. The molecule has 0 spiro atoms. The fourth-order valence-electron chi connectivity index (χ4n) is 3.13. The van der Waals surface area contributed by atoms with E-state index in [0.29, 0.717) is 11.7 Å². The molecular formula is C12H15O3. The van der Waals surface area contributed by atoms with Gasteiger partial charge in [0.05, 0.1) is 12.2 Å². The fraction of sp³-hybridized carbons (Fsp3) is 0.667. The molecule has 1 aliphatic carbocycles. The summed E-state index contributed by atoms with van der Waals surface area (Å²) in [6.07, 6.45) is 7.69. The minimum atomic E-state index is 0.00620. The second-order valence-corrected chi connectivity index (χ2v) is 4.54.